The van der Waals surface area contributed by atoms with Gasteiger partial charge in [0.1, 0.15) is 0 Å². The lowest BCUT2D eigenvalue weighted by Gasteiger charge is -2.22. The van der Waals surface area contributed by atoms with Gasteiger partial charge in [-0.15, -0.1) is 0 Å². The van der Waals surface area contributed by atoms with Crippen LogP contribution >= 0.6 is 0 Å². The number of ether oxygens (including phenoxy) is 2. The molecule has 0 radical (unpaired) electrons. The van der Waals surface area contributed by atoms with Crippen molar-refractivity contribution in [2.45, 2.75) is 19.5 Å². The normalized spacial score (nSPS) is 13.5. The maximum atomic E-state index is 12.3. The second-order valence-corrected chi connectivity index (χ2v) is 5.63. The lowest BCUT2D eigenvalue weighted by atomic mass is 10.1. The summed E-state index contributed by atoms with van der Waals surface area (Å²) in [5.74, 6) is 1.48. The highest BCUT2D eigenvalue weighted by atomic mass is 16.7. The van der Waals surface area contributed by atoms with Crippen LogP contribution in [0.25, 0.3) is 0 Å². The number of benzene rings is 2. The van der Waals surface area contributed by atoms with Gasteiger partial charge in [0.25, 0.3) is 0 Å². The molecule has 0 spiro atoms. The molecule has 0 saturated carbocycles. The molecule has 2 aromatic carbocycles. The number of urea groups is 1. The number of nitrogens with zero attached hydrogens (tertiary/aromatic N) is 1. The maximum Gasteiger partial charge on any atom is 0.317 e. The van der Waals surface area contributed by atoms with Crippen molar-refractivity contribution in [1.82, 2.24) is 10.2 Å². The summed E-state index contributed by atoms with van der Waals surface area (Å²) in [5.41, 5.74) is 2.08. The molecule has 5 nitrogen and oxygen atoms in total. The van der Waals surface area contributed by atoms with Crippen LogP contribution in [0.15, 0.2) is 48.5 Å². The van der Waals surface area contributed by atoms with Gasteiger partial charge in [0.05, 0.1) is 6.04 Å². The molecule has 0 saturated heterocycles. The SMILES string of the molecule is CC(NC(=O)N(C)Cc1ccc2c(c1)OCO2)c1ccccc1. The summed E-state index contributed by atoms with van der Waals surface area (Å²) in [4.78, 5) is 14.0. The van der Waals surface area contributed by atoms with Crippen molar-refractivity contribution in [2.24, 2.45) is 0 Å². The first-order chi connectivity index (χ1) is 11.1. The Morgan fingerprint density at radius 3 is 2.70 bits per heavy atom. The molecule has 0 aliphatic carbocycles. The van der Waals surface area contributed by atoms with Crippen LogP contribution in [0.5, 0.6) is 11.5 Å². The third-order valence-corrected chi connectivity index (χ3v) is 3.84. The van der Waals surface area contributed by atoms with E-state index in [0.717, 1.165) is 22.6 Å². The van der Waals surface area contributed by atoms with E-state index >= 15 is 0 Å². The van der Waals surface area contributed by atoms with Crippen LogP contribution in [-0.2, 0) is 6.54 Å². The first kappa shape index (κ1) is 15.2. The highest BCUT2D eigenvalue weighted by molar-refractivity contribution is 5.74. The van der Waals surface area contributed by atoms with E-state index in [1.807, 2.05) is 55.5 Å². The second kappa shape index (κ2) is 6.60. The zero-order valence-corrected chi connectivity index (χ0v) is 13.3. The lowest BCUT2D eigenvalue weighted by molar-refractivity contribution is 0.174. The smallest absolute Gasteiger partial charge is 0.317 e. The average molecular weight is 312 g/mol. The van der Waals surface area contributed by atoms with Crippen molar-refractivity contribution < 1.29 is 14.3 Å². The fraction of sp³-hybridized carbons (Fsp3) is 0.278. The number of nitrogens with one attached hydrogen (secondary N) is 1. The van der Waals surface area contributed by atoms with Crippen molar-refractivity contribution >= 4 is 6.03 Å². The third-order valence-electron chi connectivity index (χ3n) is 3.84. The molecular formula is C18H20N2O3. The van der Waals surface area contributed by atoms with Crippen molar-refractivity contribution in [2.75, 3.05) is 13.8 Å². The van der Waals surface area contributed by atoms with E-state index in [4.69, 9.17) is 9.47 Å². The Morgan fingerprint density at radius 1 is 1.17 bits per heavy atom. The molecule has 0 bridgehead atoms. The molecule has 2 aromatic rings. The van der Waals surface area contributed by atoms with Gasteiger partial charge >= 0.3 is 6.03 Å². The molecule has 1 atom stereocenters. The monoisotopic (exact) mass is 312 g/mol. The lowest BCUT2D eigenvalue weighted by Crippen LogP contribution is -2.38. The van der Waals surface area contributed by atoms with Gasteiger partial charge in [-0.3, -0.25) is 0 Å². The minimum Gasteiger partial charge on any atom is -0.454 e. The number of carbonyl (C=O) groups is 1. The molecule has 1 heterocycles. The Kier molecular flexibility index (Phi) is 4.37. The highest BCUT2D eigenvalue weighted by Gasteiger charge is 2.16. The molecular weight excluding hydrogens is 292 g/mol. The Hall–Kier alpha value is -2.69. The van der Waals surface area contributed by atoms with Crippen LogP contribution < -0.4 is 14.8 Å². The average Bonchev–Trinajstić information content (AvgIpc) is 3.03. The minimum atomic E-state index is -0.112. The number of fused-ring (bicyclic) bond motifs is 1. The largest absolute Gasteiger partial charge is 0.454 e. The third kappa shape index (κ3) is 3.56. The van der Waals surface area contributed by atoms with E-state index < -0.39 is 0 Å². The second-order valence-electron chi connectivity index (χ2n) is 5.63. The number of hydrogen-bond acceptors (Lipinski definition) is 3. The van der Waals surface area contributed by atoms with Crippen LogP contribution in [0.1, 0.15) is 24.1 Å². The summed E-state index contributed by atoms with van der Waals surface area (Å²) in [6.45, 7) is 2.73. The van der Waals surface area contributed by atoms with Crippen molar-refractivity contribution in [3.05, 3.63) is 59.7 Å². The molecule has 3 rings (SSSR count). The number of amides is 2. The van der Waals surface area contributed by atoms with Crippen molar-refractivity contribution in [3.8, 4) is 11.5 Å². The first-order valence-corrected chi connectivity index (χ1v) is 7.58. The topological polar surface area (TPSA) is 50.8 Å². The highest BCUT2D eigenvalue weighted by Crippen LogP contribution is 2.32. The molecule has 5 heteroatoms. The van der Waals surface area contributed by atoms with Crippen molar-refractivity contribution in [3.63, 3.8) is 0 Å². The summed E-state index contributed by atoms with van der Waals surface area (Å²) in [6.07, 6.45) is 0. The van der Waals surface area contributed by atoms with E-state index in [2.05, 4.69) is 5.32 Å². The molecule has 120 valence electrons. The van der Waals surface area contributed by atoms with E-state index in [0.29, 0.717) is 6.54 Å². The molecule has 0 fully saturated rings. The number of hydrogen-bond donors (Lipinski definition) is 1. The van der Waals surface area contributed by atoms with E-state index in [-0.39, 0.29) is 18.9 Å². The van der Waals surface area contributed by atoms with Gasteiger partial charge < -0.3 is 19.7 Å². The minimum absolute atomic E-state index is 0.0390. The fourth-order valence-corrected chi connectivity index (χ4v) is 2.51. The molecule has 2 amide bonds. The Morgan fingerprint density at radius 2 is 1.91 bits per heavy atom. The molecule has 1 N–H and O–H groups in total. The van der Waals surface area contributed by atoms with Gasteiger partial charge in [-0.2, -0.15) is 0 Å². The van der Waals surface area contributed by atoms with Crippen LogP contribution in [0, 0.1) is 0 Å². The maximum absolute atomic E-state index is 12.3. The predicted octanol–water partition coefficient (Wildman–Crippen LogP) is 3.32. The van der Waals surface area contributed by atoms with Crippen LogP contribution in [-0.4, -0.2) is 24.8 Å². The van der Waals surface area contributed by atoms with Gasteiger partial charge in [0.2, 0.25) is 6.79 Å². The van der Waals surface area contributed by atoms with Crippen molar-refractivity contribution in [1.29, 1.82) is 0 Å². The Bertz CT molecular complexity index is 688. The van der Waals surface area contributed by atoms with Crippen LogP contribution in [0.4, 0.5) is 4.79 Å². The standard InChI is InChI=1S/C18H20N2O3/c1-13(15-6-4-3-5-7-15)19-18(21)20(2)11-14-8-9-16-17(10-14)23-12-22-16/h3-10,13H,11-12H2,1-2H3,(H,19,21). The van der Waals surface area contributed by atoms with E-state index in [1.165, 1.54) is 0 Å². The van der Waals surface area contributed by atoms with Gasteiger partial charge in [-0.1, -0.05) is 36.4 Å². The van der Waals surface area contributed by atoms with Gasteiger partial charge in [-0.05, 0) is 30.2 Å². The molecule has 0 aromatic heterocycles. The summed E-state index contributed by atoms with van der Waals surface area (Å²) < 4.78 is 10.7. The molecule has 1 aliphatic heterocycles. The zero-order chi connectivity index (χ0) is 16.2. The number of carbonyl (C=O) groups excluding carboxylic acids is 1. The van der Waals surface area contributed by atoms with E-state index in [1.54, 1.807) is 11.9 Å². The molecule has 1 unspecified atom stereocenters. The van der Waals surface area contributed by atoms with E-state index in [9.17, 15) is 4.79 Å². The van der Waals surface area contributed by atoms with Crippen LogP contribution in [0.2, 0.25) is 0 Å². The van der Waals surface area contributed by atoms with Gasteiger partial charge in [0, 0.05) is 13.6 Å². The summed E-state index contributed by atoms with van der Waals surface area (Å²) in [7, 11) is 1.78. The molecule has 1 aliphatic rings. The zero-order valence-electron chi connectivity index (χ0n) is 13.3. The summed E-state index contributed by atoms with van der Waals surface area (Å²) in [5, 5.41) is 3.00. The Balaban J connectivity index is 1.59. The quantitative estimate of drug-likeness (QED) is 0.942. The summed E-state index contributed by atoms with van der Waals surface area (Å²) in [6, 6.07) is 15.5. The van der Waals surface area contributed by atoms with Gasteiger partial charge in [-0.25, -0.2) is 4.79 Å². The fourth-order valence-electron chi connectivity index (χ4n) is 2.51. The first-order valence-electron chi connectivity index (χ1n) is 7.58. The Labute approximate surface area is 135 Å². The summed E-state index contributed by atoms with van der Waals surface area (Å²) >= 11 is 0. The number of rotatable bonds is 4. The van der Waals surface area contributed by atoms with Gasteiger partial charge in [0.15, 0.2) is 11.5 Å². The molecule has 23 heavy (non-hydrogen) atoms. The predicted molar refractivity (Wildman–Crippen MR) is 87.4 cm³/mol. The van der Waals surface area contributed by atoms with Crippen LogP contribution in [0.3, 0.4) is 0 Å².